The number of amides is 1. The van der Waals surface area contributed by atoms with Gasteiger partial charge < -0.3 is 15.7 Å². The molecule has 1 heterocycles. The van der Waals surface area contributed by atoms with Crippen molar-refractivity contribution in [3.8, 4) is 0 Å². The number of aliphatic hydroxyl groups excluding tert-OH is 1. The summed E-state index contributed by atoms with van der Waals surface area (Å²) in [4.78, 5) is 18.8. The predicted molar refractivity (Wildman–Crippen MR) is 85.2 cm³/mol. The first-order chi connectivity index (χ1) is 9.94. The molecule has 1 amide bonds. The Morgan fingerprint density at radius 1 is 1.33 bits per heavy atom. The van der Waals surface area contributed by atoms with Crippen LogP contribution in [0, 0.1) is 0 Å². The zero-order valence-electron chi connectivity index (χ0n) is 13.5. The number of anilines is 1. The molecule has 0 fully saturated rings. The lowest BCUT2D eigenvalue weighted by molar-refractivity contribution is 0.0622. The van der Waals surface area contributed by atoms with Gasteiger partial charge >= 0.3 is 0 Å². The van der Waals surface area contributed by atoms with Gasteiger partial charge in [-0.3, -0.25) is 4.79 Å². The highest BCUT2D eigenvalue weighted by molar-refractivity contribution is 5.95. The Balaban J connectivity index is 3.14. The number of hydrogen-bond donors (Lipinski definition) is 2. The minimum Gasteiger partial charge on any atom is -0.395 e. The molecule has 118 valence electrons. The fourth-order valence-corrected chi connectivity index (χ4v) is 2.45. The molecule has 0 saturated heterocycles. The summed E-state index contributed by atoms with van der Waals surface area (Å²) < 4.78 is 0. The molecular weight excluding hydrogens is 266 g/mol. The lowest BCUT2D eigenvalue weighted by atomic mass is 10.0. The number of rotatable bonds is 7. The van der Waals surface area contributed by atoms with E-state index in [9.17, 15) is 9.90 Å². The molecular formula is C16H27N3O2. The van der Waals surface area contributed by atoms with Gasteiger partial charge in [0.1, 0.15) is 5.82 Å². The van der Waals surface area contributed by atoms with E-state index in [1.807, 2.05) is 27.7 Å². The van der Waals surface area contributed by atoms with Crippen LogP contribution in [0.1, 0.15) is 62.5 Å². The Labute approximate surface area is 127 Å². The van der Waals surface area contributed by atoms with E-state index in [1.165, 1.54) is 0 Å². The first-order valence-corrected chi connectivity index (χ1v) is 7.63. The molecule has 0 atom stereocenters. The Morgan fingerprint density at radius 3 is 2.43 bits per heavy atom. The van der Waals surface area contributed by atoms with Crippen molar-refractivity contribution in [3.05, 3.63) is 23.4 Å². The van der Waals surface area contributed by atoms with Gasteiger partial charge in [-0.05, 0) is 30.9 Å². The highest BCUT2D eigenvalue weighted by Crippen LogP contribution is 2.19. The average molecular weight is 293 g/mol. The molecule has 0 aromatic carbocycles. The van der Waals surface area contributed by atoms with E-state index in [1.54, 1.807) is 17.0 Å². The van der Waals surface area contributed by atoms with Crippen LogP contribution in [0.25, 0.3) is 0 Å². The summed E-state index contributed by atoms with van der Waals surface area (Å²) in [7, 11) is 0. The second-order valence-electron chi connectivity index (χ2n) is 5.55. The summed E-state index contributed by atoms with van der Waals surface area (Å²) in [6.07, 6.45) is 1.72. The number of nitrogens with two attached hydrogens (primary N) is 1. The maximum Gasteiger partial charge on any atom is 0.254 e. The maximum atomic E-state index is 12.8. The number of pyridine rings is 1. The zero-order chi connectivity index (χ0) is 16.0. The van der Waals surface area contributed by atoms with Crippen LogP contribution in [0.4, 0.5) is 5.82 Å². The van der Waals surface area contributed by atoms with Crippen molar-refractivity contribution in [1.29, 1.82) is 0 Å². The number of nitrogen functional groups attached to an aromatic ring is 1. The van der Waals surface area contributed by atoms with Crippen molar-refractivity contribution in [2.45, 2.75) is 52.5 Å². The number of aliphatic hydroxyl groups is 1. The molecule has 3 N–H and O–H groups in total. The molecule has 0 unspecified atom stereocenters. The molecule has 0 aliphatic heterocycles. The summed E-state index contributed by atoms with van der Waals surface area (Å²) in [6, 6.07) is 3.54. The van der Waals surface area contributed by atoms with Gasteiger partial charge in [0.05, 0.1) is 6.61 Å². The third-order valence-electron chi connectivity index (χ3n) is 3.69. The van der Waals surface area contributed by atoms with Crippen LogP contribution >= 0.6 is 0 Å². The fraction of sp³-hybridized carbons (Fsp3) is 0.625. The average Bonchev–Trinajstić information content (AvgIpc) is 2.46. The molecule has 0 aliphatic rings. The second kappa shape index (κ2) is 7.98. The van der Waals surface area contributed by atoms with Crippen LogP contribution in [-0.2, 0) is 0 Å². The summed E-state index contributed by atoms with van der Waals surface area (Å²) >= 11 is 0. The summed E-state index contributed by atoms with van der Waals surface area (Å²) in [6.45, 7) is 8.42. The van der Waals surface area contributed by atoms with E-state index in [0.717, 1.165) is 18.5 Å². The van der Waals surface area contributed by atoms with E-state index in [4.69, 9.17) is 5.73 Å². The van der Waals surface area contributed by atoms with Gasteiger partial charge in [-0.25, -0.2) is 4.98 Å². The first kappa shape index (κ1) is 17.4. The lowest BCUT2D eigenvalue weighted by Crippen LogP contribution is -2.41. The van der Waals surface area contributed by atoms with Crippen LogP contribution in [0.3, 0.4) is 0 Å². The highest BCUT2D eigenvalue weighted by Gasteiger charge is 2.23. The minimum absolute atomic E-state index is 0.0418. The van der Waals surface area contributed by atoms with Crippen LogP contribution in [0.5, 0.6) is 0 Å². The van der Waals surface area contributed by atoms with E-state index in [0.29, 0.717) is 17.9 Å². The van der Waals surface area contributed by atoms with Crippen molar-refractivity contribution < 1.29 is 9.90 Å². The lowest BCUT2D eigenvalue weighted by Gasteiger charge is -2.30. The van der Waals surface area contributed by atoms with Gasteiger partial charge in [0, 0.05) is 23.8 Å². The molecule has 1 rings (SSSR count). The third kappa shape index (κ3) is 4.43. The number of carbonyl (C=O) groups excluding carboxylic acids is 1. The molecule has 0 bridgehead atoms. The molecule has 0 radical (unpaired) electrons. The van der Waals surface area contributed by atoms with Crippen molar-refractivity contribution in [3.63, 3.8) is 0 Å². The van der Waals surface area contributed by atoms with E-state index < -0.39 is 0 Å². The minimum atomic E-state index is -0.0891. The summed E-state index contributed by atoms with van der Waals surface area (Å²) in [5.41, 5.74) is 7.18. The van der Waals surface area contributed by atoms with Crippen molar-refractivity contribution in [2.24, 2.45) is 0 Å². The largest absolute Gasteiger partial charge is 0.395 e. The first-order valence-electron chi connectivity index (χ1n) is 7.63. The molecule has 0 spiro atoms. The molecule has 1 aromatic heterocycles. The third-order valence-corrected chi connectivity index (χ3v) is 3.69. The topological polar surface area (TPSA) is 79.5 Å². The van der Waals surface area contributed by atoms with Gasteiger partial charge in [-0.15, -0.1) is 0 Å². The predicted octanol–water partition coefficient (Wildman–Crippen LogP) is 2.41. The standard InChI is InChI=1S/C16H27N3O2/c1-5-13(6-2)19(7-8-20)16(21)12-9-14(11(3)4)18-15(17)10-12/h9-11,13,20H,5-8H2,1-4H3,(H2,17,18). The molecule has 5 heteroatoms. The maximum absolute atomic E-state index is 12.8. The monoisotopic (exact) mass is 293 g/mol. The number of carbonyl (C=O) groups is 1. The van der Waals surface area contributed by atoms with Gasteiger partial charge in [0.25, 0.3) is 5.91 Å². The smallest absolute Gasteiger partial charge is 0.254 e. The summed E-state index contributed by atoms with van der Waals surface area (Å²) in [5.74, 6) is 0.478. The van der Waals surface area contributed by atoms with Crippen molar-refractivity contribution >= 4 is 11.7 Å². The number of nitrogens with zero attached hydrogens (tertiary/aromatic N) is 2. The van der Waals surface area contributed by atoms with Crippen molar-refractivity contribution in [1.82, 2.24) is 9.88 Å². The Morgan fingerprint density at radius 2 is 1.95 bits per heavy atom. The van der Waals surface area contributed by atoms with Gasteiger partial charge in [0.2, 0.25) is 0 Å². The Hall–Kier alpha value is -1.62. The molecule has 5 nitrogen and oxygen atoms in total. The molecule has 0 aliphatic carbocycles. The number of hydrogen-bond acceptors (Lipinski definition) is 4. The molecule has 0 saturated carbocycles. The molecule has 21 heavy (non-hydrogen) atoms. The van der Waals surface area contributed by atoms with Gasteiger partial charge in [-0.1, -0.05) is 27.7 Å². The van der Waals surface area contributed by atoms with Gasteiger partial charge in [-0.2, -0.15) is 0 Å². The van der Waals surface area contributed by atoms with E-state index >= 15 is 0 Å². The zero-order valence-corrected chi connectivity index (χ0v) is 13.5. The summed E-state index contributed by atoms with van der Waals surface area (Å²) in [5, 5.41) is 9.24. The quantitative estimate of drug-likeness (QED) is 0.809. The Bertz CT molecular complexity index is 471. The highest BCUT2D eigenvalue weighted by atomic mass is 16.3. The van der Waals surface area contributed by atoms with Crippen LogP contribution in [0.2, 0.25) is 0 Å². The fourth-order valence-electron chi connectivity index (χ4n) is 2.45. The van der Waals surface area contributed by atoms with Crippen LogP contribution < -0.4 is 5.73 Å². The number of aromatic nitrogens is 1. The SMILES string of the molecule is CCC(CC)N(CCO)C(=O)c1cc(N)nc(C(C)C)c1. The molecule has 1 aromatic rings. The van der Waals surface area contributed by atoms with Gasteiger partial charge in [0.15, 0.2) is 0 Å². The van der Waals surface area contributed by atoms with Crippen LogP contribution in [-0.4, -0.2) is 40.1 Å². The van der Waals surface area contributed by atoms with Crippen LogP contribution in [0.15, 0.2) is 12.1 Å². The van der Waals surface area contributed by atoms with E-state index in [2.05, 4.69) is 4.98 Å². The Kier molecular flexibility index (Phi) is 6.62. The second-order valence-corrected chi connectivity index (χ2v) is 5.55. The van der Waals surface area contributed by atoms with Crippen molar-refractivity contribution in [2.75, 3.05) is 18.9 Å². The normalized spacial score (nSPS) is 11.2. The van der Waals surface area contributed by atoms with E-state index in [-0.39, 0.29) is 24.5 Å².